The van der Waals surface area contributed by atoms with Crippen LogP contribution >= 0.6 is 0 Å². The van der Waals surface area contributed by atoms with Gasteiger partial charge in [0.25, 0.3) is 0 Å². The van der Waals surface area contributed by atoms with Crippen molar-refractivity contribution in [2.45, 2.75) is 51.0 Å². The number of nitrogens with zero attached hydrogens (tertiary/aromatic N) is 1. The Hall–Kier alpha value is -2.23. The molecule has 6 nitrogen and oxygen atoms in total. The van der Waals surface area contributed by atoms with Crippen LogP contribution in [0.2, 0.25) is 0 Å². The van der Waals surface area contributed by atoms with Crippen molar-refractivity contribution in [3.05, 3.63) is 29.6 Å². The highest BCUT2D eigenvalue weighted by atomic mass is 19.4. The van der Waals surface area contributed by atoms with Crippen molar-refractivity contribution in [3.8, 4) is 0 Å². The number of carboxylic acid groups (broad SMARTS) is 2. The van der Waals surface area contributed by atoms with Crippen molar-refractivity contribution in [2.75, 3.05) is 6.54 Å². The van der Waals surface area contributed by atoms with Gasteiger partial charge in [-0.05, 0) is 49.8 Å². The maximum absolute atomic E-state index is 14.5. The average molecular weight is 394 g/mol. The molecule has 1 fully saturated rings. The first kappa shape index (κ1) is 22.8. The Morgan fingerprint density at radius 1 is 1.30 bits per heavy atom. The predicted octanol–water partition coefficient (Wildman–Crippen LogP) is 3.10. The summed E-state index contributed by atoms with van der Waals surface area (Å²) in [5.41, 5.74) is 0.928. The monoisotopic (exact) mass is 394 g/mol. The maximum atomic E-state index is 14.5. The van der Waals surface area contributed by atoms with E-state index in [2.05, 4.69) is 10.3 Å². The quantitative estimate of drug-likeness (QED) is 0.664. The van der Waals surface area contributed by atoms with Crippen LogP contribution in [0.4, 0.5) is 17.6 Å². The minimum atomic E-state index is -5.08. The van der Waals surface area contributed by atoms with Gasteiger partial charge in [-0.2, -0.15) is 13.2 Å². The van der Waals surface area contributed by atoms with E-state index in [1.165, 1.54) is 0 Å². The topological polar surface area (TPSA) is 99.5 Å². The fraction of sp³-hybridized carbons (Fsp3) is 0.588. The van der Waals surface area contributed by atoms with E-state index in [0.29, 0.717) is 32.2 Å². The van der Waals surface area contributed by atoms with Gasteiger partial charge in [0.15, 0.2) is 0 Å². The van der Waals surface area contributed by atoms with E-state index in [-0.39, 0.29) is 12.5 Å². The molecular weight excluding hydrogens is 372 g/mol. The number of aromatic nitrogens is 1. The lowest BCUT2D eigenvalue weighted by atomic mass is 9.80. The van der Waals surface area contributed by atoms with Gasteiger partial charge in [0.1, 0.15) is 5.67 Å². The highest BCUT2D eigenvalue weighted by molar-refractivity contribution is 5.73. The number of hydrogen-bond donors (Lipinski definition) is 3. The van der Waals surface area contributed by atoms with Gasteiger partial charge in [0.05, 0.1) is 5.92 Å². The first-order valence-corrected chi connectivity index (χ1v) is 8.26. The number of hydrogen-bond acceptors (Lipinski definition) is 4. The minimum absolute atomic E-state index is 0.279. The normalized spacial score (nSPS) is 22.5. The van der Waals surface area contributed by atoms with Crippen LogP contribution < -0.4 is 5.32 Å². The molecule has 27 heavy (non-hydrogen) atoms. The van der Waals surface area contributed by atoms with E-state index in [1.54, 1.807) is 12.4 Å². The number of nitrogens with one attached hydrogen (secondary N) is 1. The molecule has 0 saturated heterocycles. The molecule has 1 aliphatic rings. The van der Waals surface area contributed by atoms with Crippen molar-refractivity contribution in [2.24, 2.45) is 5.92 Å². The molecule has 0 spiro atoms. The molecule has 0 bridgehead atoms. The van der Waals surface area contributed by atoms with Crippen LogP contribution in [0.15, 0.2) is 18.5 Å². The number of aliphatic carboxylic acids is 2. The molecule has 2 rings (SSSR count). The smallest absolute Gasteiger partial charge is 0.481 e. The average Bonchev–Trinajstić information content (AvgIpc) is 2.56. The summed E-state index contributed by atoms with van der Waals surface area (Å²) in [5, 5.41) is 19.2. The number of halogens is 4. The second kappa shape index (κ2) is 9.63. The molecule has 0 aliphatic heterocycles. The highest BCUT2D eigenvalue weighted by Crippen LogP contribution is 2.34. The Balaban J connectivity index is 0.000000445. The van der Waals surface area contributed by atoms with Crippen LogP contribution in [0.25, 0.3) is 0 Å². The minimum Gasteiger partial charge on any atom is -0.481 e. The van der Waals surface area contributed by atoms with E-state index in [9.17, 15) is 22.4 Å². The van der Waals surface area contributed by atoms with Crippen LogP contribution in [0, 0.1) is 12.8 Å². The molecule has 0 atom stereocenters. The Kier molecular flexibility index (Phi) is 8.14. The van der Waals surface area contributed by atoms with Crippen molar-refractivity contribution in [1.29, 1.82) is 0 Å². The van der Waals surface area contributed by atoms with E-state index in [1.807, 2.05) is 13.0 Å². The number of rotatable bonds is 5. The number of pyridine rings is 1. The van der Waals surface area contributed by atoms with Crippen LogP contribution in [0.5, 0.6) is 0 Å². The van der Waals surface area contributed by atoms with Gasteiger partial charge in [0.2, 0.25) is 0 Å². The summed E-state index contributed by atoms with van der Waals surface area (Å²) in [7, 11) is 0. The zero-order valence-electron chi connectivity index (χ0n) is 14.7. The molecule has 1 heterocycles. The van der Waals surface area contributed by atoms with E-state index >= 15 is 0 Å². The lowest BCUT2D eigenvalue weighted by Crippen LogP contribution is -2.40. The summed E-state index contributed by atoms with van der Waals surface area (Å²) in [6.45, 7) is 2.87. The van der Waals surface area contributed by atoms with Crippen molar-refractivity contribution < 1.29 is 37.4 Å². The molecule has 1 aromatic rings. The SMILES string of the molecule is Cc1cnccc1CNCC1(F)CCC(C(=O)O)CC1.O=C(O)C(F)(F)F. The zero-order valence-corrected chi connectivity index (χ0v) is 14.7. The molecule has 1 aromatic heterocycles. The summed E-state index contributed by atoms with van der Waals surface area (Å²) in [6.07, 6.45) is -0.0459. The predicted molar refractivity (Wildman–Crippen MR) is 87.8 cm³/mol. The molecule has 0 aromatic carbocycles. The van der Waals surface area contributed by atoms with Crippen molar-refractivity contribution >= 4 is 11.9 Å². The Bertz CT molecular complexity index is 644. The van der Waals surface area contributed by atoms with Crippen molar-refractivity contribution in [1.82, 2.24) is 10.3 Å². The summed E-state index contributed by atoms with van der Waals surface area (Å²) in [5.74, 6) is -3.93. The largest absolute Gasteiger partial charge is 0.490 e. The summed E-state index contributed by atoms with van der Waals surface area (Å²) < 4.78 is 46.3. The molecule has 0 amide bonds. The lowest BCUT2D eigenvalue weighted by molar-refractivity contribution is -0.192. The van der Waals surface area contributed by atoms with Crippen molar-refractivity contribution in [3.63, 3.8) is 0 Å². The van der Waals surface area contributed by atoms with Gasteiger partial charge < -0.3 is 15.5 Å². The number of alkyl halides is 4. The summed E-state index contributed by atoms with van der Waals surface area (Å²) >= 11 is 0. The third-order valence-corrected chi connectivity index (χ3v) is 4.37. The molecule has 1 aliphatic carbocycles. The molecular formula is C17H22F4N2O4. The third kappa shape index (κ3) is 7.90. The summed E-state index contributed by atoms with van der Waals surface area (Å²) in [4.78, 5) is 23.8. The lowest BCUT2D eigenvalue weighted by Gasteiger charge is -2.32. The Labute approximate surface area is 153 Å². The molecule has 0 unspecified atom stereocenters. The van der Waals surface area contributed by atoms with Gasteiger partial charge in [0, 0.05) is 25.5 Å². The van der Waals surface area contributed by atoms with E-state index in [0.717, 1.165) is 11.1 Å². The van der Waals surface area contributed by atoms with Gasteiger partial charge in [-0.1, -0.05) is 0 Å². The summed E-state index contributed by atoms with van der Waals surface area (Å²) in [6, 6.07) is 1.93. The Morgan fingerprint density at radius 3 is 2.30 bits per heavy atom. The molecule has 1 saturated carbocycles. The molecule has 10 heteroatoms. The third-order valence-electron chi connectivity index (χ3n) is 4.37. The number of aryl methyl sites for hydroxylation is 1. The van der Waals surface area contributed by atoms with Crippen LogP contribution in [0.3, 0.4) is 0 Å². The standard InChI is InChI=1S/C15H21FN2O2.C2HF3O2/c1-11-8-17-7-4-13(11)9-18-10-15(16)5-2-12(3-6-15)14(19)20;3-2(4,5)1(6)7/h4,7-8,12,18H,2-3,5-6,9-10H2,1H3,(H,19,20);(H,6,7). The maximum Gasteiger partial charge on any atom is 0.490 e. The first-order valence-electron chi connectivity index (χ1n) is 8.26. The molecule has 0 radical (unpaired) electrons. The van der Waals surface area contributed by atoms with Crippen LogP contribution in [0.1, 0.15) is 36.8 Å². The van der Waals surface area contributed by atoms with E-state index < -0.39 is 23.8 Å². The first-order chi connectivity index (χ1) is 12.4. The van der Waals surface area contributed by atoms with Gasteiger partial charge in [-0.3, -0.25) is 9.78 Å². The number of carbonyl (C=O) groups is 2. The zero-order chi connectivity index (χ0) is 20.7. The second-order valence-electron chi connectivity index (χ2n) is 6.47. The van der Waals surface area contributed by atoms with Crippen LogP contribution in [-0.2, 0) is 16.1 Å². The van der Waals surface area contributed by atoms with Crippen LogP contribution in [-0.4, -0.2) is 45.5 Å². The fourth-order valence-electron chi connectivity index (χ4n) is 2.68. The van der Waals surface area contributed by atoms with E-state index in [4.69, 9.17) is 15.0 Å². The highest BCUT2D eigenvalue weighted by Gasteiger charge is 2.38. The van der Waals surface area contributed by atoms with Gasteiger partial charge in [-0.25, -0.2) is 9.18 Å². The Morgan fingerprint density at radius 2 is 1.85 bits per heavy atom. The molecule has 152 valence electrons. The molecule has 3 N–H and O–H groups in total. The van der Waals surface area contributed by atoms with Gasteiger partial charge >= 0.3 is 18.1 Å². The number of carboxylic acids is 2. The second-order valence-corrected chi connectivity index (χ2v) is 6.47. The fourth-order valence-corrected chi connectivity index (χ4v) is 2.68. The van der Waals surface area contributed by atoms with Gasteiger partial charge in [-0.15, -0.1) is 0 Å².